The van der Waals surface area contributed by atoms with E-state index in [0.717, 1.165) is 36.5 Å². The monoisotopic (exact) mass is 277 g/mol. The first-order valence-corrected chi connectivity index (χ1v) is 7.48. The molecule has 0 bridgehead atoms. The number of fused-ring (bicyclic) bond motifs is 1. The number of nitrogens with zero attached hydrogens (tertiary/aromatic N) is 2. The molecule has 0 spiro atoms. The van der Waals surface area contributed by atoms with Crippen molar-refractivity contribution in [3.05, 3.63) is 28.5 Å². The molecule has 1 heterocycles. The van der Waals surface area contributed by atoms with Gasteiger partial charge in [-0.25, -0.2) is 0 Å². The van der Waals surface area contributed by atoms with Crippen LogP contribution in [0.5, 0.6) is 0 Å². The van der Waals surface area contributed by atoms with E-state index in [0.29, 0.717) is 0 Å². The second-order valence-corrected chi connectivity index (χ2v) is 5.42. The summed E-state index contributed by atoms with van der Waals surface area (Å²) in [4.78, 5) is 5.77. The van der Waals surface area contributed by atoms with Crippen LogP contribution in [0.4, 0.5) is 0 Å². The molecule has 3 nitrogen and oxygen atoms in total. The average Bonchev–Trinajstić information content (AvgIpc) is 2.69. The lowest BCUT2D eigenvalue weighted by molar-refractivity contribution is 0.277. The Hall–Kier alpha value is -1.13. The van der Waals surface area contributed by atoms with Gasteiger partial charge in [0.25, 0.3) is 0 Å². The Balaban J connectivity index is 2.20. The highest BCUT2D eigenvalue weighted by atomic mass is 32.1. The van der Waals surface area contributed by atoms with E-state index in [4.69, 9.17) is 12.2 Å². The standard InChI is InChI=1S/C15H23N3S/c1-4-8-17(5-2)9-10-18-14-7-6-12(3)11-13(14)16-15(18)19/h6-7,11H,4-5,8-10H2,1-3H3,(H,16,19). The minimum Gasteiger partial charge on any atom is -0.331 e. The number of aryl methyl sites for hydroxylation is 1. The Labute approximate surface area is 120 Å². The van der Waals surface area contributed by atoms with Crippen molar-refractivity contribution in [2.24, 2.45) is 0 Å². The van der Waals surface area contributed by atoms with Gasteiger partial charge in [0.1, 0.15) is 0 Å². The van der Waals surface area contributed by atoms with Gasteiger partial charge in [-0.3, -0.25) is 0 Å². The summed E-state index contributed by atoms with van der Waals surface area (Å²) in [7, 11) is 0. The van der Waals surface area contributed by atoms with Gasteiger partial charge in [0.15, 0.2) is 4.77 Å². The summed E-state index contributed by atoms with van der Waals surface area (Å²) in [5.41, 5.74) is 3.61. The largest absolute Gasteiger partial charge is 0.331 e. The fraction of sp³-hybridized carbons (Fsp3) is 0.533. The van der Waals surface area contributed by atoms with Crippen LogP contribution in [-0.2, 0) is 6.54 Å². The minimum absolute atomic E-state index is 0.827. The van der Waals surface area contributed by atoms with Crippen molar-refractivity contribution >= 4 is 23.3 Å². The van der Waals surface area contributed by atoms with Crippen LogP contribution in [0.2, 0.25) is 0 Å². The Morgan fingerprint density at radius 3 is 2.74 bits per heavy atom. The molecule has 0 radical (unpaired) electrons. The number of hydrogen-bond donors (Lipinski definition) is 1. The summed E-state index contributed by atoms with van der Waals surface area (Å²) in [5.74, 6) is 0. The summed E-state index contributed by atoms with van der Waals surface area (Å²) in [6, 6.07) is 6.46. The molecule has 1 aromatic carbocycles. The Bertz CT molecular complexity index is 597. The van der Waals surface area contributed by atoms with E-state index in [1.165, 1.54) is 17.5 Å². The van der Waals surface area contributed by atoms with Gasteiger partial charge in [-0.1, -0.05) is 19.9 Å². The molecule has 0 saturated heterocycles. The first kappa shape index (κ1) is 14.3. The predicted octanol–water partition coefficient (Wildman–Crippen LogP) is 3.74. The van der Waals surface area contributed by atoms with Crippen molar-refractivity contribution in [2.75, 3.05) is 19.6 Å². The molecule has 0 aliphatic carbocycles. The van der Waals surface area contributed by atoms with E-state index in [1.54, 1.807) is 0 Å². The van der Waals surface area contributed by atoms with Crippen LogP contribution < -0.4 is 0 Å². The fourth-order valence-corrected chi connectivity index (χ4v) is 2.78. The summed E-state index contributed by atoms with van der Waals surface area (Å²) >= 11 is 5.44. The molecule has 4 heteroatoms. The lowest BCUT2D eigenvalue weighted by atomic mass is 10.2. The van der Waals surface area contributed by atoms with Gasteiger partial charge in [-0.2, -0.15) is 0 Å². The number of nitrogens with one attached hydrogen (secondary N) is 1. The van der Waals surface area contributed by atoms with Crippen molar-refractivity contribution in [3.63, 3.8) is 0 Å². The predicted molar refractivity (Wildman–Crippen MR) is 84.3 cm³/mol. The summed E-state index contributed by atoms with van der Waals surface area (Å²) in [6.07, 6.45) is 1.20. The van der Waals surface area contributed by atoms with Crippen LogP contribution in [-0.4, -0.2) is 34.1 Å². The van der Waals surface area contributed by atoms with Gasteiger partial charge < -0.3 is 14.5 Å². The van der Waals surface area contributed by atoms with Gasteiger partial charge in [-0.15, -0.1) is 0 Å². The van der Waals surface area contributed by atoms with Crippen LogP contribution in [0, 0.1) is 11.7 Å². The number of H-pyrrole nitrogens is 1. The highest BCUT2D eigenvalue weighted by Gasteiger charge is 2.06. The van der Waals surface area contributed by atoms with Gasteiger partial charge in [0.05, 0.1) is 11.0 Å². The third-order valence-corrected chi connectivity index (χ3v) is 3.88. The molecular weight excluding hydrogens is 254 g/mol. The zero-order valence-electron chi connectivity index (χ0n) is 12.1. The second-order valence-electron chi connectivity index (χ2n) is 5.04. The average molecular weight is 277 g/mol. The van der Waals surface area contributed by atoms with Crippen molar-refractivity contribution in [1.82, 2.24) is 14.5 Å². The fourth-order valence-electron chi connectivity index (χ4n) is 2.49. The highest BCUT2D eigenvalue weighted by Crippen LogP contribution is 2.15. The van der Waals surface area contributed by atoms with Gasteiger partial charge in [0.2, 0.25) is 0 Å². The molecule has 1 N–H and O–H groups in total. The van der Waals surface area contributed by atoms with Crippen molar-refractivity contribution in [1.29, 1.82) is 0 Å². The number of hydrogen-bond acceptors (Lipinski definition) is 2. The summed E-state index contributed by atoms with van der Waals surface area (Å²) < 4.78 is 3.04. The zero-order chi connectivity index (χ0) is 13.8. The maximum absolute atomic E-state index is 5.44. The summed E-state index contributed by atoms with van der Waals surface area (Å²) in [6.45, 7) is 10.8. The molecule has 0 aliphatic heterocycles. The Kier molecular flexibility index (Phi) is 4.77. The quantitative estimate of drug-likeness (QED) is 0.813. The van der Waals surface area contributed by atoms with E-state index in [2.05, 4.69) is 53.4 Å². The highest BCUT2D eigenvalue weighted by molar-refractivity contribution is 7.71. The molecule has 19 heavy (non-hydrogen) atoms. The number of benzene rings is 1. The number of rotatable bonds is 6. The lowest BCUT2D eigenvalue weighted by Crippen LogP contribution is -2.28. The number of likely N-dealkylation sites (N-methyl/N-ethyl adjacent to an activating group) is 1. The smallest absolute Gasteiger partial charge is 0.178 e. The van der Waals surface area contributed by atoms with Crippen molar-refractivity contribution < 1.29 is 0 Å². The topological polar surface area (TPSA) is 24.0 Å². The normalized spacial score (nSPS) is 11.6. The molecule has 1 aromatic heterocycles. The van der Waals surface area contributed by atoms with Gasteiger partial charge in [0, 0.05) is 13.1 Å². The molecule has 2 rings (SSSR count). The Morgan fingerprint density at radius 2 is 2.05 bits per heavy atom. The lowest BCUT2D eigenvalue weighted by Gasteiger charge is -2.19. The summed E-state index contributed by atoms with van der Waals surface area (Å²) in [5, 5.41) is 0. The maximum Gasteiger partial charge on any atom is 0.178 e. The first-order chi connectivity index (χ1) is 9.15. The van der Waals surface area contributed by atoms with E-state index in [9.17, 15) is 0 Å². The van der Waals surface area contributed by atoms with Crippen LogP contribution in [0.1, 0.15) is 25.8 Å². The van der Waals surface area contributed by atoms with Crippen LogP contribution in [0.15, 0.2) is 18.2 Å². The number of aromatic nitrogens is 2. The van der Waals surface area contributed by atoms with Gasteiger partial charge >= 0.3 is 0 Å². The van der Waals surface area contributed by atoms with Crippen LogP contribution >= 0.6 is 12.2 Å². The number of aromatic amines is 1. The van der Waals surface area contributed by atoms with Crippen LogP contribution in [0.3, 0.4) is 0 Å². The third-order valence-electron chi connectivity index (χ3n) is 3.56. The molecule has 0 atom stereocenters. The molecular formula is C15H23N3S. The zero-order valence-corrected chi connectivity index (χ0v) is 12.9. The van der Waals surface area contributed by atoms with E-state index < -0.39 is 0 Å². The molecule has 0 amide bonds. The van der Waals surface area contributed by atoms with Gasteiger partial charge in [-0.05, 0) is 56.3 Å². The van der Waals surface area contributed by atoms with Crippen molar-refractivity contribution in [3.8, 4) is 0 Å². The maximum atomic E-state index is 5.44. The number of imidazole rings is 1. The van der Waals surface area contributed by atoms with Crippen molar-refractivity contribution in [2.45, 2.75) is 33.7 Å². The molecule has 0 unspecified atom stereocenters. The third kappa shape index (κ3) is 3.25. The molecule has 2 aromatic rings. The SMILES string of the molecule is CCCN(CC)CCn1c(=S)[nH]c2cc(C)ccc21. The van der Waals surface area contributed by atoms with E-state index in [1.807, 2.05) is 0 Å². The molecule has 0 fully saturated rings. The molecule has 0 aliphatic rings. The first-order valence-electron chi connectivity index (χ1n) is 7.07. The molecule has 104 valence electrons. The Morgan fingerprint density at radius 1 is 1.26 bits per heavy atom. The van der Waals surface area contributed by atoms with E-state index in [-0.39, 0.29) is 0 Å². The van der Waals surface area contributed by atoms with Crippen LogP contribution in [0.25, 0.3) is 11.0 Å². The second kappa shape index (κ2) is 6.35. The van der Waals surface area contributed by atoms with E-state index >= 15 is 0 Å². The minimum atomic E-state index is 0.827. The molecule has 0 saturated carbocycles.